The number of hydrogen-bond acceptors (Lipinski definition) is 5. The summed E-state index contributed by atoms with van der Waals surface area (Å²) in [7, 11) is 1.30. The molecule has 2 rings (SSSR count). The van der Waals surface area contributed by atoms with E-state index in [1.165, 1.54) is 7.11 Å². The smallest absolute Gasteiger partial charge is 0.348 e. The van der Waals surface area contributed by atoms with Gasteiger partial charge >= 0.3 is 5.97 Å². The van der Waals surface area contributed by atoms with Crippen LogP contribution in [0.3, 0.4) is 0 Å². The fourth-order valence-corrected chi connectivity index (χ4v) is 2.15. The number of aryl methyl sites for hydroxylation is 1. The first-order chi connectivity index (χ1) is 8.60. The summed E-state index contributed by atoms with van der Waals surface area (Å²) in [6.45, 7) is 1.84. The van der Waals surface area contributed by atoms with E-state index in [1.54, 1.807) is 18.2 Å². The van der Waals surface area contributed by atoms with Crippen molar-refractivity contribution < 1.29 is 14.3 Å². The first kappa shape index (κ1) is 12.3. The van der Waals surface area contributed by atoms with Crippen LogP contribution in [0.4, 0.5) is 5.82 Å². The predicted octanol–water partition coefficient (Wildman–Crippen LogP) is 1.82. The third-order valence-electron chi connectivity index (χ3n) is 2.16. The molecule has 0 aliphatic rings. The Bertz CT molecular complexity index is 588. The van der Waals surface area contributed by atoms with Crippen molar-refractivity contribution in [1.29, 1.82) is 0 Å². The number of nitrogens with zero attached hydrogens (tertiary/aromatic N) is 1. The average molecular weight is 265 g/mol. The molecule has 0 radical (unpaired) electrons. The number of ether oxygens (including phenoxy) is 1. The minimum atomic E-state index is -0.449. The molecule has 0 saturated carbocycles. The van der Waals surface area contributed by atoms with Crippen LogP contribution in [-0.4, -0.2) is 29.2 Å². The summed E-state index contributed by atoms with van der Waals surface area (Å²) >= 11 is 1.08. The lowest BCUT2D eigenvalue weighted by atomic mass is 10.4. The normalized spacial score (nSPS) is 10.1. The third-order valence-corrected chi connectivity index (χ3v) is 3.23. The van der Waals surface area contributed by atoms with Crippen molar-refractivity contribution in [3.63, 3.8) is 0 Å². The molecule has 0 atom stereocenters. The minimum Gasteiger partial charge on any atom is -0.465 e. The van der Waals surface area contributed by atoms with Crippen molar-refractivity contribution in [2.24, 2.45) is 0 Å². The molecule has 2 N–H and O–H groups in total. The van der Waals surface area contributed by atoms with Crippen molar-refractivity contribution in [3.8, 4) is 0 Å². The highest BCUT2D eigenvalue weighted by molar-refractivity contribution is 7.16. The fraction of sp³-hybridized carbons (Fsp3) is 0.182. The summed E-state index contributed by atoms with van der Waals surface area (Å²) in [5.74, 6) is -0.304. The largest absolute Gasteiger partial charge is 0.465 e. The zero-order valence-electron chi connectivity index (χ0n) is 9.81. The highest BCUT2D eigenvalue weighted by Gasteiger charge is 2.14. The summed E-state index contributed by atoms with van der Waals surface area (Å²) in [4.78, 5) is 23.9. The Morgan fingerprint density at radius 3 is 2.72 bits per heavy atom. The van der Waals surface area contributed by atoms with Crippen molar-refractivity contribution in [3.05, 3.63) is 33.6 Å². The maximum absolute atomic E-state index is 11.8. The average Bonchev–Trinajstić information content (AvgIpc) is 2.97. The Kier molecular flexibility index (Phi) is 3.42. The molecule has 1 amide bonds. The number of anilines is 1. The monoisotopic (exact) mass is 265 g/mol. The van der Waals surface area contributed by atoms with Crippen LogP contribution in [0.2, 0.25) is 0 Å². The number of rotatable bonds is 3. The maximum Gasteiger partial charge on any atom is 0.348 e. The van der Waals surface area contributed by atoms with E-state index in [-0.39, 0.29) is 5.91 Å². The molecule has 0 aliphatic heterocycles. The van der Waals surface area contributed by atoms with Crippen molar-refractivity contribution in [2.45, 2.75) is 6.92 Å². The second-order valence-electron chi connectivity index (χ2n) is 3.55. The van der Waals surface area contributed by atoms with E-state index in [0.29, 0.717) is 15.6 Å². The van der Waals surface area contributed by atoms with E-state index in [1.807, 2.05) is 6.92 Å². The molecule has 2 aromatic heterocycles. The molecular weight excluding hydrogens is 254 g/mol. The molecule has 6 nitrogen and oxygen atoms in total. The van der Waals surface area contributed by atoms with Gasteiger partial charge in [0.05, 0.1) is 12.0 Å². The number of H-pyrrole nitrogens is 1. The summed E-state index contributed by atoms with van der Waals surface area (Å²) < 4.78 is 4.57. The first-order valence-electron chi connectivity index (χ1n) is 5.11. The lowest BCUT2D eigenvalue weighted by molar-refractivity contribution is 0.0606. The van der Waals surface area contributed by atoms with Crippen molar-refractivity contribution in [2.75, 3.05) is 12.4 Å². The van der Waals surface area contributed by atoms with Crippen molar-refractivity contribution in [1.82, 2.24) is 10.2 Å². The van der Waals surface area contributed by atoms with Gasteiger partial charge in [0.15, 0.2) is 5.82 Å². The SMILES string of the molecule is COC(=O)c1ccc(C(=O)Nc2cc(C)[nH]n2)s1. The van der Waals surface area contributed by atoms with Gasteiger partial charge in [0, 0.05) is 11.8 Å². The number of amides is 1. The van der Waals surface area contributed by atoms with Gasteiger partial charge in [-0.25, -0.2) is 4.79 Å². The first-order valence-corrected chi connectivity index (χ1v) is 5.93. The molecule has 0 fully saturated rings. The van der Waals surface area contributed by atoms with E-state index in [9.17, 15) is 9.59 Å². The highest BCUT2D eigenvalue weighted by atomic mass is 32.1. The molecule has 18 heavy (non-hydrogen) atoms. The topological polar surface area (TPSA) is 84.1 Å². The Labute approximate surface area is 107 Å². The van der Waals surface area contributed by atoms with Gasteiger partial charge < -0.3 is 10.1 Å². The van der Waals surface area contributed by atoms with E-state index in [4.69, 9.17) is 0 Å². The molecule has 7 heteroatoms. The van der Waals surface area contributed by atoms with Gasteiger partial charge in [0.2, 0.25) is 0 Å². The zero-order chi connectivity index (χ0) is 13.1. The number of methoxy groups -OCH3 is 1. The van der Waals surface area contributed by atoms with E-state index in [0.717, 1.165) is 17.0 Å². The van der Waals surface area contributed by atoms with Gasteiger partial charge in [0.25, 0.3) is 5.91 Å². The molecule has 2 aromatic rings. The summed E-state index contributed by atoms with van der Waals surface area (Å²) in [5.41, 5.74) is 0.853. The zero-order valence-corrected chi connectivity index (χ0v) is 10.6. The van der Waals surface area contributed by atoms with Gasteiger partial charge in [-0.3, -0.25) is 9.89 Å². The quantitative estimate of drug-likeness (QED) is 0.829. The van der Waals surface area contributed by atoms with Crippen LogP contribution < -0.4 is 5.32 Å². The number of aromatic amines is 1. The third kappa shape index (κ3) is 2.57. The van der Waals surface area contributed by atoms with Gasteiger partial charge in [-0.05, 0) is 19.1 Å². The molecule has 0 spiro atoms. The van der Waals surface area contributed by atoms with E-state index in [2.05, 4.69) is 20.3 Å². The molecule has 0 saturated heterocycles. The number of thiophene rings is 1. The van der Waals surface area contributed by atoms with Crippen LogP contribution in [0.15, 0.2) is 18.2 Å². The predicted molar refractivity (Wildman–Crippen MR) is 66.9 cm³/mol. The standard InChI is InChI=1S/C11H11N3O3S/c1-6-5-9(14-13-6)12-10(15)7-3-4-8(18-7)11(16)17-2/h3-5H,1-2H3,(H2,12,13,14,15). The summed E-state index contributed by atoms with van der Waals surface area (Å²) in [6.07, 6.45) is 0. The lowest BCUT2D eigenvalue weighted by Gasteiger charge is -1.97. The molecule has 94 valence electrons. The maximum atomic E-state index is 11.8. The Morgan fingerprint density at radius 2 is 2.11 bits per heavy atom. The van der Waals surface area contributed by atoms with Crippen LogP contribution in [-0.2, 0) is 4.74 Å². The van der Waals surface area contributed by atoms with Gasteiger partial charge in [-0.2, -0.15) is 5.10 Å². The number of hydrogen-bond donors (Lipinski definition) is 2. The van der Waals surface area contributed by atoms with Gasteiger partial charge in [-0.15, -0.1) is 11.3 Å². The summed E-state index contributed by atoms with van der Waals surface area (Å²) in [5, 5.41) is 9.24. The van der Waals surface area contributed by atoms with Gasteiger partial charge in [0.1, 0.15) is 4.88 Å². The minimum absolute atomic E-state index is 0.304. The van der Waals surface area contributed by atoms with Crippen LogP contribution in [0.1, 0.15) is 25.0 Å². The molecule has 0 aliphatic carbocycles. The molecule has 2 heterocycles. The van der Waals surface area contributed by atoms with Crippen LogP contribution in [0.5, 0.6) is 0 Å². The highest BCUT2D eigenvalue weighted by Crippen LogP contribution is 2.18. The Balaban J connectivity index is 2.09. The molecular formula is C11H11N3O3S. The van der Waals surface area contributed by atoms with Gasteiger partial charge in [-0.1, -0.05) is 0 Å². The summed E-state index contributed by atoms with van der Waals surface area (Å²) in [6, 6.07) is 4.85. The number of esters is 1. The second-order valence-corrected chi connectivity index (χ2v) is 4.63. The van der Waals surface area contributed by atoms with E-state index >= 15 is 0 Å². The number of nitrogens with one attached hydrogen (secondary N) is 2. The Morgan fingerprint density at radius 1 is 1.39 bits per heavy atom. The molecule has 0 bridgehead atoms. The molecule has 0 aromatic carbocycles. The Hall–Kier alpha value is -2.15. The van der Waals surface area contributed by atoms with Crippen LogP contribution in [0.25, 0.3) is 0 Å². The van der Waals surface area contributed by atoms with Crippen LogP contribution >= 0.6 is 11.3 Å². The van der Waals surface area contributed by atoms with E-state index < -0.39 is 5.97 Å². The number of carbonyl (C=O) groups is 2. The fourth-order valence-electron chi connectivity index (χ4n) is 1.33. The second kappa shape index (κ2) is 5.01. The molecule has 0 unspecified atom stereocenters. The number of aromatic nitrogens is 2. The van der Waals surface area contributed by atoms with Crippen LogP contribution in [0, 0.1) is 6.92 Å². The number of carbonyl (C=O) groups excluding carboxylic acids is 2. The van der Waals surface area contributed by atoms with Crippen molar-refractivity contribution >= 4 is 29.0 Å². The lowest BCUT2D eigenvalue weighted by Crippen LogP contribution is -2.10.